The van der Waals surface area contributed by atoms with Crippen LogP contribution < -0.4 is 14.3 Å². The highest BCUT2D eigenvalue weighted by Crippen LogP contribution is 2.33. The number of hydrogen-bond acceptors (Lipinski definition) is 6. The fourth-order valence-corrected chi connectivity index (χ4v) is 3.80. The predicted molar refractivity (Wildman–Crippen MR) is 106 cm³/mol. The van der Waals surface area contributed by atoms with Crippen molar-refractivity contribution in [2.75, 3.05) is 21.3 Å². The fourth-order valence-electron chi connectivity index (χ4n) is 2.75. The molecule has 3 aromatic rings. The van der Waals surface area contributed by atoms with Gasteiger partial charge in [-0.25, -0.2) is 0 Å². The molecule has 0 aliphatic rings. The summed E-state index contributed by atoms with van der Waals surface area (Å²) in [5, 5.41) is 0. The number of carbonyl (C=O) groups excluding carboxylic acids is 2. The Kier molecular flexibility index (Phi) is 6.10. The number of amides is 1. The normalized spacial score (nSPS) is 11.5. The van der Waals surface area contributed by atoms with Crippen LogP contribution in [-0.2, 0) is 27.3 Å². The lowest BCUT2D eigenvalue weighted by atomic mass is 10.1. The lowest BCUT2D eigenvalue weighted by Crippen LogP contribution is -2.22. The van der Waals surface area contributed by atoms with Crippen LogP contribution in [0.5, 0.6) is 11.5 Å². The third-order valence-corrected chi connectivity index (χ3v) is 5.16. The topological polar surface area (TPSA) is 79.1 Å². The number of nitrogens with zero attached hydrogens (tertiary/aromatic N) is 2. The van der Waals surface area contributed by atoms with Crippen molar-refractivity contribution >= 4 is 33.4 Å². The number of benzene rings is 2. The van der Waals surface area contributed by atoms with Gasteiger partial charge in [-0.05, 0) is 5.56 Å². The van der Waals surface area contributed by atoms with Crippen LogP contribution in [0.25, 0.3) is 10.2 Å². The van der Waals surface area contributed by atoms with Crippen molar-refractivity contribution in [1.82, 2.24) is 4.57 Å². The molecule has 0 atom stereocenters. The van der Waals surface area contributed by atoms with Crippen LogP contribution >= 0.6 is 11.3 Å². The lowest BCUT2D eigenvalue weighted by molar-refractivity contribution is -0.141. The second kappa shape index (κ2) is 8.71. The number of fused-ring (bicyclic) bond motifs is 1. The van der Waals surface area contributed by atoms with Gasteiger partial charge in [0.1, 0.15) is 6.54 Å². The van der Waals surface area contributed by atoms with Gasteiger partial charge in [0.15, 0.2) is 16.3 Å². The zero-order valence-corrected chi connectivity index (χ0v) is 16.6. The van der Waals surface area contributed by atoms with Crippen LogP contribution in [-0.4, -0.2) is 37.8 Å². The second-order valence-electron chi connectivity index (χ2n) is 5.89. The molecule has 0 spiro atoms. The van der Waals surface area contributed by atoms with Crippen LogP contribution in [0.4, 0.5) is 0 Å². The lowest BCUT2D eigenvalue weighted by Gasteiger charge is -2.09. The molecular weight excluding hydrogens is 380 g/mol. The zero-order valence-electron chi connectivity index (χ0n) is 15.8. The van der Waals surface area contributed by atoms with Crippen LogP contribution in [0.3, 0.4) is 0 Å². The minimum Gasteiger partial charge on any atom is -0.493 e. The minimum absolute atomic E-state index is 0.0660. The van der Waals surface area contributed by atoms with Crippen molar-refractivity contribution in [3.05, 3.63) is 52.8 Å². The zero-order chi connectivity index (χ0) is 20.1. The predicted octanol–water partition coefficient (Wildman–Crippen LogP) is 2.56. The van der Waals surface area contributed by atoms with Crippen molar-refractivity contribution in [2.24, 2.45) is 4.99 Å². The summed E-state index contributed by atoms with van der Waals surface area (Å²) < 4.78 is 17.9. The van der Waals surface area contributed by atoms with Gasteiger partial charge in [-0.2, -0.15) is 4.99 Å². The highest BCUT2D eigenvalue weighted by molar-refractivity contribution is 7.16. The number of rotatable bonds is 6. The van der Waals surface area contributed by atoms with E-state index in [1.165, 1.54) is 25.6 Å². The maximum atomic E-state index is 12.5. The average molecular weight is 400 g/mol. The highest BCUT2D eigenvalue weighted by Gasteiger charge is 2.15. The molecule has 28 heavy (non-hydrogen) atoms. The van der Waals surface area contributed by atoms with Gasteiger partial charge in [0.2, 0.25) is 0 Å². The molecule has 146 valence electrons. The van der Waals surface area contributed by atoms with Crippen molar-refractivity contribution in [2.45, 2.75) is 13.0 Å². The van der Waals surface area contributed by atoms with Gasteiger partial charge in [0.25, 0.3) is 5.91 Å². The Labute approximate surface area is 165 Å². The number of thiazole rings is 1. The molecule has 1 amide bonds. The van der Waals surface area contributed by atoms with E-state index in [-0.39, 0.29) is 18.9 Å². The van der Waals surface area contributed by atoms with E-state index in [4.69, 9.17) is 14.2 Å². The summed E-state index contributed by atoms with van der Waals surface area (Å²) in [6.07, 6.45) is 0.181. The van der Waals surface area contributed by atoms with Gasteiger partial charge in [-0.1, -0.05) is 41.7 Å². The van der Waals surface area contributed by atoms with E-state index >= 15 is 0 Å². The van der Waals surface area contributed by atoms with E-state index in [2.05, 4.69) is 4.99 Å². The first-order valence-corrected chi connectivity index (χ1v) is 9.31. The van der Waals surface area contributed by atoms with Gasteiger partial charge < -0.3 is 18.8 Å². The van der Waals surface area contributed by atoms with E-state index in [9.17, 15) is 9.59 Å². The first-order chi connectivity index (χ1) is 13.5. The third kappa shape index (κ3) is 4.23. The molecule has 0 bridgehead atoms. The molecule has 2 aromatic carbocycles. The molecule has 0 radical (unpaired) electrons. The fraction of sp³-hybridized carbons (Fsp3) is 0.250. The third-order valence-electron chi connectivity index (χ3n) is 4.12. The van der Waals surface area contributed by atoms with E-state index in [0.717, 1.165) is 10.3 Å². The monoisotopic (exact) mass is 400 g/mol. The smallest absolute Gasteiger partial charge is 0.325 e. The van der Waals surface area contributed by atoms with E-state index in [1.807, 2.05) is 30.3 Å². The number of carbonyl (C=O) groups is 2. The molecule has 0 saturated heterocycles. The number of hydrogen-bond donors (Lipinski definition) is 0. The van der Waals surface area contributed by atoms with Crippen molar-refractivity contribution < 1.29 is 23.8 Å². The van der Waals surface area contributed by atoms with Crippen molar-refractivity contribution in [1.29, 1.82) is 0 Å². The summed E-state index contributed by atoms with van der Waals surface area (Å²) in [5.74, 6) is 0.346. The van der Waals surface area contributed by atoms with Gasteiger partial charge in [0, 0.05) is 12.1 Å². The first-order valence-electron chi connectivity index (χ1n) is 8.49. The average Bonchev–Trinajstić information content (AvgIpc) is 3.03. The molecule has 0 aliphatic heterocycles. The molecule has 0 unspecified atom stereocenters. The molecule has 0 saturated carbocycles. The first kappa shape index (κ1) is 19.6. The molecule has 3 rings (SSSR count). The molecule has 1 aromatic heterocycles. The molecule has 0 aliphatic carbocycles. The number of ether oxygens (including phenoxy) is 3. The van der Waals surface area contributed by atoms with Gasteiger partial charge >= 0.3 is 5.97 Å². The molecule has 8 heteroatoms. The van der Waals surface area contributed by atoms with Crippen LogP contribution in [0.1, 0.15) is 5.56 Å². The summed E-state index contributed by atoms with van der Waals surface area (Å²) in [6, 6.07) is 12.9. The number of methoxy groups -OCH3 is 3. The minimum atomic E-state index is -0.438. The largest absolute Gasteiger partial charge is 0.493 e. The van der Waals surface area contributed by atoms with Crippen LogP contribution in [0.15, 0.2) is 47.5 Å². The Morgan fingerprint density at radius 1 is 1.04 bits per heavy atom. The van der Waals surface area contributed by atoms with E-state index in [0.29, 0.717) is 21.8 Å². The molecule has 1 heterocycles. The highest BCUT2D eigenvalue weighted by atomic mass is 32.1. The summed E-state index contributed by atoms with van der Waals surface area (Å²) in [7, 11) is 4.41. The molecular formula is C20H20N2O5S. The summed E-state index contributed by atoms with van der Waals surface area (Å²) in [6.45, 7) is -0.0660. The summed E-state index contributed by atoms with van der Waals surface area (Å²) in [5.41, 5.74) is 1.58. The van der Waals surface area contributed by atoms with Crippen molar-refractivity contribution in [3.63, 3.8) is 0 Å². The second-order valence-corrected chi connectivity index (χ2v) is 6.90. The Hall–Kier alpha value is -3.13. The molecule has 0 fully saturated rings. The Morgan fingerprint density at radius 3 is 2.36 bits per heavy atom. The Balaban J connectivity index is 2.10. The molecule has 0 N–H and O–H groups in total. The standard InChI is InChI=1S/C20H20N2O5S/c1-25-15-10-14-17(11-16(15)26-2)28-20(22(14)12-19(24)27-3)21-18(23)9-13-7-5-4-6-8-13/h4-8,10-11H,9,12H2,1-3H3. The van der Waals surface area contributed by atoms with Crippen molar-refractivity contribution in [3.8, 4) is 11.5 Å². The van der Waals surface area contributed by atoms with E-state index < -0.39 is 5.97 Å². The van der Waals surface area contributed by atoms with Gasteiger partial charge in [-0.3, -0.25) is 9.59 Å². The maximum absolute atomic E-state index is 12.5. The van der Waals surface area contributed by atoms with Crippen LogP contribution in [0.2, 0.25) is 0 Å². The van der Waals surface area contributed by atoms with E-state index in [1.54, 1.807) is 23.8 Å². The quantitative estimate of drug-likeness (QED) is 0.594. The van der Waals surface area contributed by atoms with Gasteiger partial charge in [-0.15, -0.1) is 0 Å². The maximum Gasteiger partial charge on any atom is 0.325 e. The van der Waals surface area contributed by atoms with Crippen LogP contribution in [0, 0.1) is 0 Å². The number of aromatic nitrogens is 1. The molecule has 7 nitrogen and oxygen atoms in total. The van der Waals surface area contributed by atoms with Gasteiger partial charge in [0.05, 0.1) is 38.0 Å². The summed E-state index contributed by atoms with van der Waals surface area (Å²) in [4.78, 5) is 29.0. The Morgan fingerprint density at radius 2 is 1.71 bits per heavy atom. The number of esters is 1. The Bertz CT molecular complexity index is 1070. The summed E-state index contributed by atoms with van der Waals surface area (Å²) >= 11 is 1.30. The SMILES string of the molecule is COC(=O)Cn1c(=NC(=O)Cc2ccccc2)sc2cc(OC)c(OC)cc21.